The Hall–Kier alpha value is -1.07. The first kappa shape index (κ1) is 12.9. The Labute approximate surface area is 117 Å². The van der Waals surface area contributed by atoms with E-state index in [-0.39, 0.29) is 11.9 Å². The van der Waals surface area contributed by atoms with Gasteiger partial charge in [-0.05, 0) is 25.7 Å². The van der Waals surface area contributed by atoms with Gasteiger partial charge in [0.05, 0.1) is 22.9 Å². The Morgan fingerprint density at radius 3 is 3.00 bits per heavy atom. The fourth-order valence-electron chi connectivity index (χ4n) is 2.90. The summed E-state index contributed by atoms with van der Waals surface area (Å²) in [4.78, 5) is 14.1. The molecule has 104 valence electrons. The predicted octanol–water partition coefficient (Wildman–Crippen LogP) is 1.44. The van der Waals surface area contributed by atoms with Crippen LogP contribution < -0.4 is 0 Å². The van der Waals surface area contributed by atoms with Crippen molar-refractivity contribution in [2.24, 2.45) is 0 Å². The third-order valence-corrected chi connectivity index (χ3v) is 4.31. The van der Waals surface area contributed by atoms with Crippen molar-refractivity contribution in [1.82, 2.24) is 14.7 Å². The highest BCUT2D eigenvalue weighted by Crippen LogP contribution is 2.44. The maximum Gasteiger partial charge on any atom is 0.224 e. The number of aromatic nitrogens is 2. The van der Waals surface area contributed by atoms with Crippen LogP contribution in [0, 0.1) is 0 Å². The van der Waals surface area contributed by atoms with Crippen molar-refractivity contribution >= 4 is 17.5 Å². The summed E-state index contributed by atoms with van der Waals surface area (Å²) in [6.45, 7) is 1.30. The molecule has 1 unspecified atom stereocenters. The van der Waals surface area contributed by atoms with E-state index in [1.54, 1.807) is 17.1 Å². The van der Waals surface area contributed by atoms with E-state index in [1.807, 2.05) is 4.90 Å². The van der Waals surface area contributed by atoms with E-state index < -0.39 is 5.60 Å². The fourth-order valence-corrected chi connectivity index (χ4v) is 3.06. The van der Waals surface area contributed by atoms with E-state index in [0.29, 0.717) is 18.0 Å². The van der Waals surface area contributed by atoms with Crippen LogP contribution in [0.3, 0.4) is 0 Å². The molecule has 0 aromatic carbocycles. The van der Waals surface area contributed by atoms with Crippen LogP contribution in [0.25, 0.3) is 0 Å². The first-order valence-corrected chi connectivity index (χ1v) is 7.16. The second kappa shape index (κ2) is 4.80. The average Bonchev–Trinajstić information content (AvgIpc) is 2.85. The minimum Gasteiger partial charge on any atom is -0.388 e. The van der Waals surface area contributed by atoms with Crippen LogP contribution in [-0.2, 0) is 11.3 Å². The lowest BCUT2D eigenvalue weighted by Crippen LogP contribution is -2.44. The average molecular weight is 284 g/mol. The molecule has 1 amide bonds. The zero-order valence-electron chi connectivity index (χ0n) is 10.8. The second-order valence-electron chi connectivity index (χ2n) is 5.52. The van der Waals surface area contributed by atoms with Crippen LogP contribution in [-0.4, -0.2) is 43.9 Å². The standard InChI is InChI=1S/C13H18ClN3O2/c14-10-8-15-16(9-10)7-3-12(18)17-6-1-2-11(17)13(19)4-5-13/h8-9,11,19H,1-7H2. The van der Waals surface area contributed by atoms with Crippen LogP contribution in [0.15, 0.2) is 12.4 Å². The zero-order valence-corrected chi connectivity index (χ0v) is 11.5. The molecular formula is C13H18ClN3O2. The molecule has 1 aromatic heterocycles. The SMILES string of the molecule is O=C(CCn1cc(Cl)cn1)N1CCCC1C1(O)CC1. The summed E-state index contributed by atoms with van der Waals surface area (Å²) in [7, 11) is 0. The van der Waals surface area contributed by atoms with E-state index in [0.717, 1.165) is 32.2 Å². The van der Waals surface area contributed by atoms with Gasteiger partial charge in [-0.15, -0.1) is 0 Å². The number of rotatable bonds is 4. The summed E-state index contributed by atoms with van der Waals surface area (Å²) in [5, 5.41) is 14.8. The normalized spacial score (nSPS) is 24.7. The van der Waals surface area contributed by atoms with Crippen molar-refractivity contribution < 1.29 is 9.90 Å². The van der Waals surface area contributed by atoms with Gasteiger partial charge in [-0.2, -0.15) is 5.10 Å². The molecule has 6 heteroatoms. The monoisotopic (exact) mass is 283 g/mol. The maximum absolute atomic E-state index is 12.3. The summed E-state index contributed by atoms with van der Waals surface area (Å²) in [6.07, 6.45) is 7.27. The number of aliphatic hydroxyl groups is 1. The third kappa shape index (κ3) is 2.62. The molecule has 2 heterocycles. The van der Waals surface area contributed by atoms with Gasteiger partial charge in [0.1, 0.15) is 0 Å². The molecule has 3 rings (SSSR count). The van der Waals surface area contributed by atoms with E-state index in [2.05, 4.69) is 5.10 Å². The lowest BCUT2D eigenvalue weighted by molar-refractivity contribution is -0.135. The van der Waals surface area contributed by atoms with Gasteiger partial charge < -0.3 is 10.0 Å². The number of hydrogen-bond acceptors (Lipinski definition) is 3. The lowest BCUT2D eigenvalue weighted by atomic mass is 10.1. The van der Waals surface area contributed by atoms with E-state index in [4.69, 9.17) is 11.6 Å². The molecule has 1 aliphatic heterocycles. The molecule has 1 saturated heterocycles. The molecule has 0 radical (unpaired) electrons. The van der Waals surface area contributed by atoms with Gasteiger partial charge in [-0.25, -0.2) is 0 Å². The van der Waals surface area contributed by atoms with Crippen molar-refractivity contribution in [2.45, 2.75) is 50.3 Å². The van der Waals surface area contributed by atoms with E-state index >= 15 is 0 Å². The van der Waals surface area contributed by atoms with Gasteiger partial charge in [0.25, 0.3) is 0 Å². The summed E-state index contributed by atoms with van der Waals surface area (Å²) in [5.41, 5.74) is -0.596. The van der Waals surface area contributed by atoms with Gasteiger partial charge in [-0.1, -0.05) is 11.6 Å². The Kier molecular flexibility index (Phi) is 3.27. The highest BCUT2D eigenvalue weighted by molar-refractivity contribution is 6.30. The van der Waals surface area contributed by atoms with Gasteiger partial charge >= 0.3 is 0 Å². The molecule has 1 aliphatic carbocycles. The third-order valence-electron chi connectivity index (χ3n) is 4.11. The first-order valence-electron chi connectivity index (χ1n) is 6.78. The van der Waals surface area contributed by atoms with E-state index in [9.17, 15) is 9.90 Å². The number of aryl methyl sites for hydroxylation is 1. The van der Waals surface area contributed by atoms with Gasteiger partial charge in [-0.3, -0.25) is 9.48 Å². The van der Waals surface area contributed by atoms with Crippen molar-refractivity contribution in [3.8, 4) is 0 Å². The van der Waals surface area contributed by atoms with Crippen LogP contribution in [0.4, 0.5) is 0 Å². The molecule has 5 nitrogen and oxygen atoms in total. The number of halogens is 1. The lowest BCUT2D eigenvalue weighted by Gasteiger charge is -2.28. The molecule has 2 fully saturated rings. The molecule has 0 spiro atoms. The van der Waals surface area contributed by atoms with Crippen LogP contribution in [0.1, 0.15) is 32.1 Å². The quantitative estimate of drug-likeness (QED) is 0.910. The molecule has 1 atom stereocenters. The summed E-state index contributed by atoms with van der Waals surface area (Å²) < 4.78 is 1.68. The van der Waals surface area contributed by atoms with Crippen molar-refractivity contribution in [1.29, 1.82) is 0 Å². The van der Waals surface area contributed by atoms with Gasteiger partial charge in [0, 0.05) is 25.7 Å². The molecule has 2 aliphatic rings. The van der Waals surface area contributed by atoms with Crippen molar-refractivity contribution in [2.75, 3.05) is 6.54 Å². The smallest absolute Gasteiger partial charge is 0.224 e. The van der Waals surface area contributed by atoms with Gasteiger partial charge in [0.15, 0.2) is 0 Å². The molecule has 1 aromatic rings. The minimum atomic E-state index is -0.596. The summed E-state index contributed by atoms with van der Waals surface area (Å²) >= 11 is 5.78. The molecule has 1 saturated carbocycles. The Bertz CT molecular complexity index is 484. The number of nitrogens with zero attached hydrogens (tertiary/aromatic N) is 3. The predicted molar refractivity (Wildman–Crippen MR) is 70.8 cm³/mol. The largest absolute Gasteiger partial charge is 0.388 e. The summed E-state index contributed by atoms with van der Waals surface area (Å²) in [5.74, 6) is 0.106. The molecule has 19 heavy (non-hydrogen) atoms. The second-order valence-corrected chi connectivity index (χ2v) is 5.96. The summed E-state index contributed by atoms with van der Waals surface area (Å²) in [6, 6.07) is 0.0289. The Morgan fingerprint density at radius 2 is 2.37 bits per heavy atom. The molecule has 1 N–H and O–H groups in total. The van der Waals surface area contributed by atoms with Crippen molar-refractivity contribution in [3.05, 3.63) is 17.4 Å². The highest BCUT2D eigenvalue weighted by Gasteiger charge is 2.52. The number of amides is 1. The maximum atomic E-state index is 12.3. The van der Waals surface area contributed by atoms with Crippen LogP contribution in [0.2, 0.25) is 5.02 Å². The first-order chi connectivity index (χ1) is 9.08. The van der Waals surface area contributed by atoms with Gasteiger partial charge in [0.2, 0.25) is 5.91 Å². The highest BCUT2D eigenvalue weighted by atomic mass is 35.5. The van der Waals surface area contributed by atoms with Crippen molar-refractivity contribution in [3.63, 3.8) is 0 Å². The molecule has 0 bridgehead atoms. The fraction of sp³-hybridized carbons (Fsp3) is 0.692. The van der Waals surface area contributed by atoms with Crippen LogP contribution >= 0.6 is 11.6 Å². The minimum absolute atomic E-state index is 0.0289. The number of hydrogen-bond donors (Lipinski definition) is 1. The zero-order chi connectivity index (χ0) is 13.5. The number of likely N-dealkylation sites (tertiary alicyclic amines) is 1. The van der Waals surface area contributed by atoms with Crippen LogP contribution in [0.5, 0.6) is 0 Å². The topological polar surface area (TPSA) is 58.4 Å². The molecular weight excluding hydrogens is 266 g/mol. The Morgan fingerprint density at radius 1 is 1.58 bits per heavy atom. The number of carbonyl (C=O) groups is 1. The van der Waals surface area contributed by atoms with E-state index in [1.165, 1.54) is 0 Å². The Balaban J connectivity index is 1.57. The number of carbonyl (C=O) groups excluding carboxylic acids is 1.